The number of anilines is 1. The molecular formula is C31H29Cl3N2O5. The molecule has 1 saturated heterocycles. The van der Waals surface area contributed by atoms with Gasteiger partial charge in [0.05, 0.1) is 20.8 Å². The number of nitrogens with zero attached hydrogens (tertiary/aromatic N) is 2. The molecule has 0 saturated carbocycles. The van der Waals surface area contributed by atoms with E-state index in [-0.39, 0.29) is 18.4 Å². The molecule has 2 heterocycles. The average Bonchev–Trinajstić information content (AvgIpc) is 3.19. The van der Waals surface area contributed by atoms with E-state index in [4.69, 9.17) is 44.3 Å². The Bertz CT molecular complexity index is 1540. The Hall–Kier alpha value is -3.26. The largest absolute Gasteiger partial charge is 0.496 e. The Kier molecular flexibility index (Phi) is 8.24. The van der Waals surface area contributed by atoms with Gasteiger partial charge in [-0.3, -0.25) is 9.59 Å². The van der Waals surface area contributed by atoms with E-state index >= 15 is 0 Å². The summed E-state index contributed by atoms with van der Waals surface area (Å²) in [5.41, 5.74) is 1.65. The monoisotopic (exact) mass is 614 g/mol. The fourth-order valence-corrected chi connectivity index (χ4v) is 6.48. The van der Waals surface area contributed by atoms with E-state index in [9.17, 15) is 14.4 Å². The molecule has 3 aromatic rings. The fourth-order valence-electron chi connectivity index (χ4n) is 5.84. The first-order chi connectivity index (χ1) is 19.6. The van der Waals surface area contributed by atoms with Crippen molar-refractivity contribution < 1.29 is 23.9 Å². The minimum atomic E-state index is -1.25. The highest BCUT2D eigenvalue weighted by atomic mass is 35.5. The number of hydrogen-bond donors (Lipinski definition) is 0. The fraction of sp³-hybridized carbons (Fsp3) is 0.323. The van der Waals surface area contributed by atoms with Crippen LogP contribution in [-0.4, -0.2) is 49.5 Å². The zero-order valence-electron chi connectivity index (χ0n) is 22.9. The Balaban J connectivity index is 1.58. The van der Waals surface area contributed by atoms with E-state index < -0.39 is 17.4 Å². The van der Waals surface area contributed by atoms with Crippen molar-refractivity contribution in [3.8, 4) is 5.75 Å². The number of amides is 2. The van der Waals surface area contributed by atoms with Gasteiger partial charge >= 0.3 is 5.97 Å². The molecule has 2 atom stereocenters. The van der Waals surface area contributed by atoms with Crippen LogP contribution in [0.3, 0.4) is 0 Å². The molecule has 0 aliphatic carbocycles. The molecule has 5 rings (SSSR count). The van der Waals surface area contributed by atoms with Crippen LogP contribution in [0.15, 0.2) is 54.6 Å². The summed E-state index contributed by atoms with van der Waals surface area (Å²) in [6.45, 7) is 2.44. The summed E-state index contributed by atoms with van der Waals surface area (Å²) < 4.78 is 10.5. The first-order valence-corrected chi connectivity index (χ1v) is 14.4. The topological polar surface area (TPSA) is 76.2 Å². The summed E-state index contributed by atoms with van der Waals surface area (Å²) in [4.78, 5) is 43.8. The molecule has 2 aliphatic rings. The van der Waals surface area contributed by atoms with Gasteiger partial charge in [-0.15, -0.1) is 0 Å². The second kappa shape index (κ2) is 11.6. The number of piperidine rings is 1. The molecule has 0 N–H and O–H groups in total. The number of halogens is 3. The van der Waals surface area contributed by atoms with E-state index in [0.717, 1.165) is 18.4 Å². The van der Waals surface area contributed by atoms with Gasteiger partial charge < -0.3 is 19.3 Å². The van der Waals surface area contributed by atoms with Crippen LogP contribution in [0.4, 0.5) is 5.69 Å². The van der Waals surface area contributed by atoms with Crippen molar-refractivity contribution in [3.63, 3.8) is 0 Å². The molecule has 2 amide bonds. The number of esters is 1. The number of rotatable bonds is 6. The predicted octanol–water partition coefficient (Wildman–Crippen LogP) is 6.68. The summed E-state index contributed by atoms with van der Waals surface area (Å²) in [6.07, 6.45) is 2.14. The third kappa shape index (κ3) is 5.16. The maximum atomic E-state index is 14.4. The van der Waals surface area contributed by atoms with Crippen LogP contribution in [0.1, 0.15) is 53.2 Å². The number of ether oxygens (including phenoxy) is 2. The molecule has 7 nitrogen and oxygen atoms in total. The number of hydrogen-bond acceptors (Lipinski definition) is 5. The highest BCUT2D eigenvalue weighted by Gasteiger charge is 2.50. The minimum absolute atomic E-state index is 0.216. The third-order valence-corrected chi connectivity index (χ3v) is 8.83. The van der Waals surface area contributed by atoms with Crippen LogP contribution >= 0.6 is 34.8 Å². The molecule has 1 fully saturated rings. The van der Waals surface area contributed by atoms with Crippen molar-refractivity contribution in [2.24, 2.45) is 0 Å². The van der Waals surface area contributed by atoms with Crippen molar-refractivity contribution in [2.45, 2.75) is 44.2 Å². The smallest absolute Gasteiger partial charge is 0.328 e. The zero-order chi connectivity index (χ0) is 29.5. The Labute approximate surface area is 253 Å². The van der Waals surface area contributed by atoms with Crippen LogP contribution in [0.25, 0.3) is 0 Å². The van der Waals surface area contributed by atoms with Crippen molar-refractivity contribution in [2.75, 3.05) is 25.7 Å². The molecule has 41 heavy (non-hydrogen) atoms. The first kappa shape index (κ1) is 29.2. The molecule has 2 aliphatic heterocycles. The molecule has 1 unspecified atom stereocenters. The average molecular weight is 616 g/mol. The number of likely N-dealkylation sites (tertiary alicyclic amines) is 1. The van der Waals surface area contributed by atoms with Gasteiger partial charge in [-0.05, 0) is 85.8 Å². The van der Waals surface area contributed by atoms with Crippen molar-refractivity contribution in [3.05, 3.63) is 91.9 Å². The minimum Gasteiger partial charge on any atom is -0.496 e. The van der Waals surface area contributed by atoms with Crippen molar-refractivity contribution in [1.29, 1.82) is 0 Å². The summed E-state index contributed by atoms with van der Waals surface area (Å²) >= 11 is 19.4. The molecule has 0 bridgehead atoms. The Morgan fingerprint density at radius 1 is 0.951 bits per heavy atom. The molecule has 10 heteroatoms. The first-order valence-electron chi connectivity index (χ1n) is 13.2. The maximum Gasteiger partial charge on any atom is 0.328 e. The van der Waals surface area contributed by atoms with Crippen LogP contribution < -0.4 is 9.64 Å². The van der Waals surface area contributed by atoms with Gasteiger partial charge in [-0.25, -0.2) is 4.79 Å². The lowest BCUT2D eigenvalue weighted by Gasteiger charge is -2.34. The number of methoxy groups -OCH3 is 2. The quantitative estimate of drug-likeness (QED) is 0.289. The van der Waals surface area contributed by atoms with E-state index in [2.05, 4.69) is 0 Å². The zero-order valence-corrected chi connectivity index (χ0v) is 25.1. The molecule has 214 valence electrons. The highest BCUT2D eigenvalue weighted by molar-refractivity contribution is 6.33. The number of carbonyl (C=O) groups excluding carboxylic acids is 3. The molecule has 3 aromatic carbocycles. The van der Waals surface area contributed by atoms with E-state index in [0.29, 0.717) is 56.2 Å². The molecule has 0 spiro atoms. The summed E-state index contributed by atoms with van der Waals surface area (Å²) in [5, 5.41) is 1.32. The Morgan fingerprint density at radius 3 is 2.41 bits per heavy atom. The summed E-state index contributed by atoms with van der Waals surface area (Å²) in [7, 11) is 2.87. The molecule has 0 aromatic heterocycles. The van der Waals surface area contributed by atoms with E-state index in [1.54, 1.807) is 72.4 Å². The lowest BCUT2D eigenvalue weighted by Crippen LogP contribution is -2.48. The van der Waals surface area contributed by atoms with Gasteiger partial charge in [0, 0.05) is 38.4 Å². The molecule has 0 radical (unpaired) electrons. The van der Waals surface area contributed by atoms with Crippen LogP contribution in [0, 0.1) is 0 Å². The second-order valence-corrected chi connectivity index (χ2v) is 11.6. The van der Waals surface area contributed by atoms with Gasteiger partial charge in [0.25, 0.3) is 5.91 Å². The van der Waals surface area contributed by atoms with Crippen molar-refractivity contribution in [1.82, 2.24) is 4.90 Å². The number of benzene rings is 3. The number of fused-ring (bicyclic) bond motifs is 1. The van der Waals surface area contributed by atoms with Crippen LogP contribution in [-0.2, 0) is 26.3 Å². The lowest BCUT2D eigenvalue weighted by atomic mass is 9.76. The Morgan fingerprint density at radius 2 is 1.68 bits per heavy atom. The maximum absolute atomic E-state index is 14.4. The van der Waals surface area contributed by atoms with E-state index in [1.165, 1.54) is 7.11 Å². The lowest BCUT2D eigenvalue weighted by molar-refractivity contribution is -0.147. The third-order valence-electron chi connectivity index (χ3n) is 8.03. The van der Waals surface area contributed by atoms with Gasteiger partial charge in [0.2, 0.25) is 5.91 Å². The van der Waals surface area contributed by atoms with Gasteiger partial charge in [0.15, 0.2) is 0 Å². The van der Waals surface area contributed by atoms with Gasteiger partial charge in [0.1, 0.15) is 17.2 Å². The highest BCUT2D eigenvalue weighted by Crippen LogP contribution is 2.49. The summed E-state index contributed by atoms with van der Waals surface area (Å²) in [5.74, 6) is -0.437. The van der Waals surface area contributed by atoms with Gasteiger partial charge in [-0.1, -0.05) is 40.9 Å². The predicted molar refractivity (Wildman–Crippen MR) is 159 cm³/mol. The normalized spacial score (nSPS) is 20.1. The van der Waals surface area contributed by atoms with E-state index in [1.807, 2.05) is 6.07 Å². The SMILES string of the molecule is COC(=O)[C@H]1CCCCN1C(=O)c1ccc(Cl)c(C2(C)C(=O)N(Cc3ccc(Cl)cc3OC)c3ccc(Cl)cc32)c1. The van der Waals surface area contributed by atoms with Crippen LogP contribution in [0.2, 0.25) is 15.1 Å². The second-order valence-electron chi connectivity index (χ2n) is 10.4. The van der Waals surface area contributed by atoms with Crippen molar-refractivity contribution >= 4 is 58.3 Å². The summed E-state index contributed by atoms with van der Waals surface area (Å²) in [6, 6.07) is 14.8. The van der Waals surface area contributed by atoms with Crippen LogP contribution in [0.5, 0.6) is 5.75 Å². The molecular weight excluding hydrogens is 587 g/mol. The van der Waals surface area contributed by atoms with Gasteiger partial charge in [-0.2, -0.15) is 0 Å². The standard InChI is InChI=1S/C31H29Cl3N2O5/c1-31(22-14-18(8-11-24(22)34)28(37)35-13-5-4-6-26(35)29(38)41-3)23-15-20(32)10-12-25(23)36(30(31)39)17-19-7-9-21(33)16-27(19)40-2/h7-12,14-16,26H,4-6,13,17H2,1-3H3/t26-,31?/m1/s1. The number of carbonyl (C=O) groups is 3.